The molecular formula is C19H31N3O2. The minimum absolute atomic E-state index is 0.0907. The second-order valence-corrected chi connectivity index (χ2v) is 6.24. The molecule has 0 radical (unpaired) electrons. The summed E-state index contributed by atoms with van der Waals surface area (Å²) >= 11 is 0. The molecule has 5 nitrogen and oxygen atoms in total. The quantitative estimate of drug-likeness (QED) is 0.702. The van der Waals surface area contributed by atoms with E-state index >= 15 is 0 Å². The number of carbonyl (C=O) groups excluding carboxylic acids is 1. The third-order valence-electron chi connectivity index (χ3n) is 4.69. The van der Waals surface area contributed by atoms with Crippen LogP contribution in [0.25, 0.3) is 0 Å². The number of hydrogen-bond acceptors (Lipinski definition) is 4. The molecule has 1 saturated heterocycles. The molecule has 0 spiro atoms. The topological polar surface area (TPSA) is 44.8 Å². The molecule has 1 heterocycles. The molecule has 0 atom stereocenters. The SMILES string of the molecule is CCN(CC)C1CCN(CC(=O)NCCOc2ccccc2)CC1. The number of benzene rings is 1. The second-order valence-electron chi connectivity index (χ2n) is 6.24. The predicted octanol–water partition coefficient (Wildman–Crippen LogP) is 1.99. The van der Waals surface area contributed by atoms with Crippen LogP contribution in [0.4, 0.5) is 0 Å². The van der Waals surface area contributed by atoms with E-state index in [9.17, 15) is 4.79 Å². The third-order valence-corrected chi connectivity index (χ3v) is 4.69. The highest BCUT2D eigenvalue weighted by Crippen LogP contribution is 2.15. The van der Waals surface area contributed by atoms with Crippen molar-refractivity contribution >= 4 is 5.91 Å². The van der Waals surface area contributed by atoms with Crippen LogP contribution in [0.2, 0.25) is 0 Å². The molecule has 24 heavy (non-hydrogen) atoms. The van der Waals surface area contributed by atoms with Crippen LogP contribution in [0.5, 0.6) is 5.75 Å². The zero-order valence-electron chi connectivity index (χ0n) is 15.0. The molecule has 1 aliphatic heterocycles. The van der Waals surface area contributed by atoms with Crippen molar-refractivity contribution in [3.63, 3.8) is 0 Å². The number of nitrogens with one attached hydrogen (secondary N) is 1. The monoisotopic (exact) mass is 333 g/mol. The van der Waals surface area contributed by atoms with Gasteiger partial charge in [0.15, 0.2) is 0 Å². The molecule has 0 bridgehead atoms. The summed E-state index contributed by atoms with van der Waals surface area (Å²) in [5, 5.41) is 2.94. The molecule has 0 saturated carbocycles. The molecule has 1 aromatic carbocycles. The Bertz CT molecular complexity index is 469. The van der Waals surface area contributed by atoms with Crippen LogP contribution in [-0.2, 0) is 4.79 Å². The van der Waals surface area contributed by atoms with Gasteiger partial charge in [0.1, 0.15) is 12.4 Å². The lowest BCUT2D eigenvalue weighted by molar-refractivity contribution is -0.122. The lowest BCUT2D eigenvalue weighted by Gasteiger charge is -2.37. The van der Waals surface area contributed by atoms with E-state index in [1.807, 2.05) is 30.3 Å². The van der Waals surface area contributed by atoms with E-state index < -0.39 is 0 Å². The maximum Gasteiger partial charge on any atom is 0.234 e. The first-order chi connectivity index (χ1) is 11.7. The van der Waals surface area contributed by atoms with E-state index in [0.29, 0.717) is 25.7 Å². The summed E-state index contributed by atoms with van der Waals surface area (Å²) in [7, 11) is 0. The number of rotatable bonds is 9. The first-order valence-corrected chi connectivity index (χ1v) is 9.13. The molecule has 1 N–H and O–H groups in total. The maximum atomic E-state index is 12.0. The van der Waals surface area contributed by atoms with E-state index in [2.05, 4.69) is 29.0 Å². The summed E-state index contributed by atoms with van der Waals surface area (Å²) in [6.45, 7) is 10.2. The fourth-order valence-electron chi connectivity index (χ4n) is 3.32. The molecule has 0 unspecified atom stereocenters. The molecule has 1 amide bonds. The Kier molecular flexibility index (Phi) is 8.05. The van der Waals surface area contributed by atoms with Crippen molar-refractivity contribution in [3.05, 3.63) is 30.3 Å². The van der Waals surface area contributed by atoms with Gasteiger partial charge in [-0.3, -0.25) is 9.69 Å². The minimum atomic E-state index is 0.0907. The van der Waals surface area contributed by atoms with Gasteiger partial charge in [0.25, 0.3) is 0 Å². The van der Waals surface area contributed by atoms with Crippen molar-refractivity contribution < 1.29 is 9.53 Å². The van der Waals surface area contributed by atoms with Gasteiger partial charge in [0, 0.05) is 19.1 Å². The number of likely N-dealkylation sites (tertiary alicyclic amines) is 1. The average molecular weight is 333 g/mol. The molecule has 0 aromatic heterocycles. The van der Waals surface area contributed by atoms with E-state index in [1.165, 1.54) is 0 Å². The highest BCUT2D eigenvalue weighted by Gasteiger charge is 2.23. The summed E-state index contributed by atoms with van der Waals surface area (Å²) in [6.07, 6.45) is 2.32. The van der Waals surface area contributed by atoms with Gasteiger partial charge >= 0.3 is 0 Å². The molecular weight excluding hydrogens is 302 g/mol. The number of amides is 1. The van der Waals surface area contributed by atoms with Crippen molar-refractivity contribution in [3.8, 4) is 5.75 Å². The summed E-state index contributed by atoms with van der Waals surface area (Å²) < 4.78 is 5.58. The molecule has 1 aliphatic rings. The van der Waals surface area contributed by atoms with E-state index in [-0.39, 0.29) is 5.91 Å². The van der Waals surface area contributed by atoms with Gasteiger partial charge in [0.2, 0.25) is 5.91 Å². The van der Waals surface area contributed by atoms with Gasteiger partial charge in [-0.1, -0.05) is 32.0 Å². The number of nitrogens with zero attached hydrogens (tertiary/aromatic N) is 2. The first-order valence-electron chi connectivity index (χ1n) is 9.13. The fraction of sp³-hybridized carbons (Fsp3) is 0.632. The smallest absolute Gasteiger partial charge is 0.234 e. The highest BCUT2D eigenvalue weighted by atomic mass is 16.5. The zero-order valence-corrected chi connectivity index (χ0v) is 15.0. The van der Waals surface area contributed by atoms with Crippen LogP contribution in [0.15, 0.2) is 30.3 Å². The van der Waals surface area contributed by atoms with Crippen molar-refractivity contribution in [2.75, 3.05) is 45.9 Å². The second kappa shape index (κ2) is 10.3. The largest absolute Gasteiger partial charge is 0.492 e. The third kappa shape index (κ3) is 6.13. The van der Waals surface area contributed by atoms with Crippen LogP contribution in [0.1, 0.15) is 26.7 Å². The number of para-hydroxylation sites is 1. The van der Waals surface area contributed by atoms with Gasteiger partial charge in [-0.05, 0) is 38.1 Å². The van der Waals surface area contributed by atoms with Gasteiger partial charge in [-0.2, -0.15) is 0 Å². The summed E-state index contributed by atoms with van der Waals surface area (Å²) in [5.74, 6) is 0.929. The predicted molar refractivity (Wildman–Crippen MR) is 97.3 cm³/mol. The van der Waals surface area contributed by atoms with Crippen molar-refractivity contribution in [1.82, 2.24) is 15.1 Å². The molecule has 134 valence electrons. The maximum absolute atomic E-state index is 12.0. The summed E-state index contributed by atoms with van der Waals surface area (Å²) in [6, 6.07) is 10.4. The number of carbonyl (C=O) groups is 1. The Morgan fingerprint density at radius 1 is 1.21 bits per heavy atom. The van der Waals surface area contributed by atoms with Crippen LogP contribution in [0, 0.1) is 0 Å². The Hall–Kier alpha value is -1.59. The average Bonchev–Trinajstić information content (AvgIpc) is 2.62. The number of ether oxygens (including phenoxy) is 1. The minimum Gasteiger partial charge on any atom is -0.492 e. The van der Waals surface area contributed by atoms with Crippen molar-refractivity contribution in [2.45, 2.75) is 32.7 Å². The highest BCUT2D eigenvalue weighted by molar-refractivity contribution is 5.78. The Balaban J connectivity index is 1.58. The van der Waals surface area contributed by atoms with E-state index in [1.54, 1.807) is 0 Å². The van der Waals surface area contributed by atoms with Crippen LogP contribution in [-0.4, -0.2) is 67.6 Å². The van der Waals surface area contributed by atoms with E-state index in [4.69, 9.17) is 4.74 Å². The molecule has 1 fully saturated rings. The Labute approximate surface area is 146 Å². The Morgan fingerprint density at radius 2 is 1.88 bits per heavy atom. The van der Waals surface area contributed by atoms with Crippen LogP contribution < -0.4 is 10.1 Å². The normalized spacial score (nSPS) is 16.3. The molecule has 5 heteroatoms. The van der Waals surface area contributed by atoms with Gasteiger partial charge < -0.3 is 15.0 Å². The lowest BCUT2D eigenvalue weighted by Crippen LogP contribution is -2.47. The summed E-state index contributed by atoms with van der Waals surface area (Å²) in [4.78, 5) is 16.8. The Morgan fingerprint density at radius 3 is 2.50 bits per heavy atom. The summed E-state index contributed by atoms with van der Waals surface area (Å²) in [5.41, 5.74) is 0. The molecule has 1 aromatic rings. The van der Waals surface area contributed by atoms with Crippen LogP contribution in [0.3, 0.4) is 0 Å². The van der Waals surface area contributed by atoms with Crippen LogP contribution >= 0.6 is 0 Å². The lowest BCUT2D eigenvalue weighted by atomic mass is 10.0. The van der Waals surface area contributed by atoms with Gasteiger partial charge in [-0.15, -0.1) is 0 Å². The van der Waals surface area contributed by atoms with Gasteiger partial charge in [-0.25, -0.2) is 0 Å². The first kappa shape index (κ1) is 18.7. The van der Waals surface area contributed by atoms with E-state index in [0.717, 1.165) is 44.8 Å². The number of hydrogen-bond donors (Lipinski definition) is 1. The zero-order chi connectivity index (χ0) is 17.2. The number of piperidine rings is 1. The van der Waals surface area contributed by atoms with Crippen molar-refractivity contribution in [2.24, 2.45) is 0 Å². The standard InChI is InChI=1S/C19H31N3O2/c1-3-22(4-2)17-10-13-21(14-11-17)16-19(23)20-12-15-24-18-8-6-5-7-9-18/h5-9,17H,3-4,10-16H2,1-2H3,(H,20,23). The van der Waals surface area contributed by atoms with Gasteiger partial charge in [0.05, 0.1) is 13.1 Å². The fourth-order valence-corrected chi connectivity index (χ4v) is 3.32. The molecule has 0 aliphatic carbocycles. The van der Waals surface area contributed by atoms with Crippen molar-refractivity contribution in [1.29, 1.82) is 0 Å². The molecule has 2 rings (SSSR count).